The fraction of sp³-hybridized carbons (Fsp3) is 0.750. The lowest BCUT2D eigenvalue weighted by Crippen LogP contribution is -2.61. The highest BCUT2D eigenvalue weighted by atomic mass is 16.3. The van der Waals surface area contributed by atoms with Gasteiger partial charge in [-0.15, -0.1) is 0 Å². The largest absolute Gasteiger partial charge is 0.382 e. The predicted octanol–water partition coefficient (Wildman–Crippen LogP) is 0.0528. The van der Waals surface area contributed by atoms with Crippen molar-refractivity contribution in [2.75, 3.05) is 13.1 Å². The lowest BCUT2D eigenvalue weighted by atomic mass is 9.61. The second-order valence-electron chi connectivity index (χ2n) is 6.15. The SMILES string of the molecule is O=CN1CC2(CC(n3cnc(C4(O)CC4)n3)C2)C1. The molecule has 6 heteroatoms. The molecule has 3 aliphatic rings. The summed E-state index contributed by atoms with van der Waals surface area (Å²) in [4.78, 5) is 16.6. The van der Waals surface area contributed by atoms with Crippen LogP contribution in [0.4, 0.5) is 0 Å². The summed E-state index contributed by atoms with van der Waals surface area (Å²) >= 11 is 0. The van der Waals surface area contributed by atoms with E-state index >= 15 is 0 Å². The van der Waals surface area contributed by atoms with Crippen molar-refractivity contribution in [3.05, 3.63) is 12.2 Å². The third-order valence-electron chi connectivity index (χ3n) is 4.59. The summed E-state index contributed by atoms with van der Waals surface area (Å²) < 4.78 is 1.89. The molecule has 4 rings (SSSR count). The van der Waals surface area contributed by atoms with Gasteiger partial charge in [0, 0.05) is 18.5 Å². The van der Waals surface area contributed by atoms with E-state index in [1.54, 1.807) is 6.33 Å². The maximum atomic E-state index is 10.6. The van der Waals surface area contributed by atoms with Gasteiger partial charge in [0.2, 0.25) is 6.41 Å². The zero-order valence-electron chi connectivity index (χ0n) is 10.1. The van der Waals surface area contributed by atoms with E-state index in [9.17, 15) is 9.90 Å². The maximum absolute atomic E-state index is 10.6. The minimum atomic E-state index is -0.739. The molecule has 1 aromatic rings. The Labute approximate surface area is 105 Å². The molecule has 3 fully saturated rings. The summed E-state index contributed by atoms with van der Waals surface area (Å²) in [7, 11) is 0. The highest BCUT2D eigenvalue weighted by Gasteiger charge is 2.53. The normalized spacial score (nSPS) is 27.7. The van der Waals surface area contributed by atoms with E-state index in [0.29, 0.717) is 17.3 Å². The first-order chi connectivity index (χ1) is 8.62. The molecule has 0 atom stereocenters. The first-order valence-corrected chi connectivity index (χ1v) is 6.46. The van der Waals surface area contributed by atoms with Gasteiger partial charge in [-0.2, -0.15) is 5.10 Å². The first kappa shape index (κ1) is 10.5. The lowest BCUT2D eigenvalue weighted by Gasteiger charge is -2.57. The summed E-state index contributed by atoms with van der Waals surface area (Å²) in [5, 5.41) is 14.3. The van der Waals surface area contributed by atoms with Crippen molar-refractivity contribution in [2.24, 2.45) is 5.41 Å². The molecular weight excluding hydrogens is 232 g/mol. The van der Waals surface area contributed by atoms with Gasteiger partial charge in [0.15, 0.2) is 5.82 Å². The molecule has 1 N–H and O–H groups in total. The Morgan fingerprint density at radius 3 is 2.72 bits per heavy atom. The zero-order valence-corrected chi connectivity index (χ0v) is 10.1. The van der Waals surface area contributed by atoms with Gasteiger partial charge in [-0.25, -0.2) is 9.67 Å². The molecule has 0 bridgehead atoms. The molecule has 0 aromatic carbocycles. The van der Waals surface area contributed by atoms with Crippen LogP contribution in [0.5, 0.6) is 0 Å². The topological polar surface area (TPSA) is 71.2 Å². The van der Waals surface area contributed by atoms with E-state index in [1.807, 2.05) is 9.58 Å². The van der Waals surface area contributed by atoms with Crippen LogP contribution in [0.15, 0.2) is 6.33 Å². The first-order valence-electron chi connectivity index (χ1n) is 6.46. The van der Waals surface area contributed by atoms with Crippen molar-refractivity contribution in [1.82, 2.24) is 19.7 Å². The molecule has 2 heterocycles. The second kappa shape index (κ2) is 3.12. The Morgan fingerprint density at radius 2 is 2.11 bits per heavy atom. The van der Waals surface area contributed by atoms with E-state index in [4.69, 9.17) is 0 Å². The average Bonchev–Trinajstić information content (AvgIpc) is 2.82. The van der Waals surface area contributed by atoms with Crippen LogP contribution in [0.25, 0.3) is 0 Å². The monoisotopic (exact) mass is 248 g/mol. The molecule has 2 aliphatic carbocycles. The molecule has 1 saturated heterocycles. The van der Waals surface area contributed by atoms with E-state index in [1.165, 1.54) is 0 Å². The van der Waals surface area contributed by atoms with Gasteiger partial charge < -0.3 is 10.0 Å². The number of aromatic nitrogens is 3. The van der Waals surface area contributed by atoms with Crippen LogP contribution in [0.1, 0.15) is 37.5 Å². The fourth-order valence-corrected chi connectivity index (χ4v) is 3.28. The summed E-state index contributed by atoms with van der Waals surface area (Å²) in [6, 6.07) is 0.391. The van der Waals surface area contributed by atoms with Crippen LogP contribution in [0.2, 0.25) is 0 Å². The van der Waals surface area contributed by atoms with Gasteiger partial charge in [-0.05, 0) is 25.7 Å². The lowest BCUT2D eigenvalue weighted by molar-refractivity contribution is -0.140. The average molecular weight is 248 g/mol. The number of aliphatic hydroxyl groups is 1. The van der Waals surface area contributed by atoms with Gasteiger partial charge in [0.05, 0.1) is 6.04 Å². The molecule has 1 amide bonds. The van der Waals surface area contributed by atoms with Crippen molar-refractivity contribution in [1.29, 1.82) is 0 Å². The van der Waals surface area contributed by atoms with Crippen LogP contribution in [-0.4, -0.2) is 44.3 Å². The highest BCUT2D eigenvalue weighted by molar-refractivity contribution is 5.49. The number of rotatable bonds is 3. The minimum Gasteiger partial charge on any atom is -0.382 e. The molecule has 96 valence electrons. The molecule has 1 aromatic heterocycles. The summed E-state index contributed by atoms with van der Waals surface area (Å²) in [6.45, 7) is 1.77. The molecule has 2 saturated carbocycles. The van der Waals surface area contributed by atoms with Crippen molar-refractivity contribution in [2.45, 2.75) is 37.3 Å². The Morgan fingerprint density at radius 1 is 1.39 bits per heavy atom. The maximum Gasteiger partial charge on any atom is 0.209 e. The van der Waals surface area contributed by atoms with Gasteiger partial charge in [-0.1, -0.05) is 0 Å². The van der Waals surface area contributed by atoms with Gasteiger partial charge in [-0.3, -0.25) is 4.79 Å². The predicted molar refractivity (Wildman–Crippen MR) is 61.5 cm³/mol. The van der Waals surface area contributed by atoms with E-state index in [0.717, 1.165) is 45.2 Å². The third-order valence-corrected chi connectivity index (χ3v) is 4.59. The van der Waals surface area contributed by atoms with E-state index < -0.39 is 5.60 Å². The molecule has 18 heavy (non-hydrogen) atoms. The Hall–Kier alpha value is -1.43. The third kappa shape index (κ3) is 1.35. The molecule has 1 aliphatic heterocycles. The fourth-order valence-electron chi connectivity index (χ4n) is 3.28. The molecular formula is C12H16N4O2. The Bertz CT molecular complexity index is 494. The number of carbonyl (C=O) groups excluding carboxylic acids is 1. The van der Waals surface area contributed by atoms with Crippen molar-refractivity contribution < 1.29 is 9.90 Å². The van der Waals surface area contributed by atoms with Crippen LogP contribution in [-0.2, 0) is 10.4 Å². The van der Waals surface area contributed by atoms with Crippen molar-refractivity contribution in [3.8, 4) is 0 Å². The van der Waals surface area contributed by atoms with Crippen molar-refractivity contribution in [3.63, 3.8) is 0 Å². The highest BCUT2D eigenvalue weighted by Crippen LogP contribution is 2.53. The van der Waals surface area contributed by atoms with Crippen LogP contribution < -0.4 is 0 Å². The molecule has 1 spiro atoms. The van der Waals surface area contributed by atoms with E-state index in [-0.39, 0.29) is 0 Å². The Kier molecular flexibility index (Phi) is 1.82. The number of amides is 1. The van der Waals surface area contributed by atoms with Crippen LogP contribution >= 0.6 is 0 Å². The van der Waals surface area contributed by atoms with Gasteiger partial charge in [0.25, 0.3) is 0 Å². The minimum absolute atomic E-state index is 0.341. The summed E-state index contributed by atoms with van der Waals surface area (Å²) in [6.07, 6.45) is 6.35. The van der Waals surface area contributed by atoms with E-state index in [2.05, 4.69) is 10.1 Å². The van der Waals surface area contributed by atoms with Crippen molar-refractivity contribution >= 4 is 6.41 Å². The summed E-state index contributed by atoms with van der Waals surface area (Å²) in [5.41, 5.74) is -0.397. The standard InChI is InChI=1S/C12H16N4O2/c17-8-15-5-11(6-15)3-9(4-11)16-7-13-10(14-16)12(18)1-2-12/h7-9,18H,1-6H2. The molecule has 0 unspecified atom stereocenters. The number of carbonyl (C=O) groups is 1. The molecule has 0 radical (unpaired) electrons. The number of likely N-dealkylation sites (tertiary alicyclic amines) is 1. The van der Waals surface area contributed by atoms with Crippen LogP contribution in [0, 0.1) is 5.41 Å². The zero-order chi connectivity index (χ0) is 12.4. The number of nitrogens with zero attached hydrogens (tertiary/aromatic N) is 4. The summed E-state index contributed by atoms with van der Waals surface area (Å²) in [5.74, 6) is 0.576. The smallest absolute Gasteiger partial charge is 0.209 e. The second-order valence-corrected chi connectivity index (χ2v) is 6.15. The van der Waals surface area contributed by atoms with Crippen LogP contribution in [0.3, 0.4) is 0 Å². The number of hydrogen-bond donors (Lipinski definition) is 1. The number of hydrogen-bond acceptors (Lipinski definition) is 4. The Balaban J connectivity index is 1.41. The van der Waals surface area contributed by atoms with Gasteiger partial charge >= 0.3 is 0 Å². The molecule has 6 nitrogen and oxygen atoms in total. The quantitative estimate of drug-likeness (QED) is 0.767. The van der Waals surface area contributed by atoms with Gasteiger partial charge in [0.1, 0.15) is 11.9 Å².